The molecule has 0 aliphatic rings. The van der Waals surface area contributed by atoms with Gasteiger partial charge in [0.15, 0.2) is 6.10 Å². The standard InChI is InChI=1S/C20H29N3O5/c1-6-13(4)16(22-18(25)15-10-8-7-9-11-15)19(26)28-14(5)17(24)23-20(27)21-12(2)3/h7-14,16H,6H2,1-5H3,(H,22,25)(H2,21,23,24,27)/t13-,14-,16-/m0/s1. The zero-order chi connectivity index (χ0) is 21.3. The second-order valence-corrected chi connectivity index (χ2v) is 6.90. The molecule has 154 valence electrons. The molecule has 1 aromatic carbocycles. The summed E-state index contributed by atoms with van der Waals surface area (Å²) in [5.74, 6) is -2.09. The maximum Gasteiger partial charge on any atom is 0.329 e. The summed E-state index contributed by atoms with van der Waals surface area (Å²) in [4.78, 5) is 48.6. The molecule has 28 heavy (non-hydrogen) atoms. The first-order chi connectivity index (χ1) is 13.1. The number of hydrogen-bond donors (Lipinski definition) is 3. The Hall–Kier alpha value is -2.90. The lowest BCUT2D eigenvalue weighted by atomic mass is 9.98. The molecule has 0 saturated carbocycles. The summed E-state index contributed by atoms with van der Waals surface area (Å²) in [6, 6.07) is 6.77. The minimum Gasteiger partial charge on any atom is -0.451 e. The molecule has 8 nitrogen and oxygen atoms in total. The fourth-order valence-electron chi connectivity index (χ4n) is 2.30. The summed E-state index contributed by atoms with van der Waals surface area (Å²) < 4.78 is 5.19. The zero-order valence-electron chi connectivity index (χ0n) is 16.9. The minimum absolute atomic E-state index is 0.145. The van der Waals surface area contributed by atoms with Crippen LogP contribution in [0.4, 0.5) is 4.79 Å². The number of nitrogens with one attached hydrogen (secondary N) is 3. The van der Waals surface area contributed by atoms with Crippen molar-refractivity contribution < 1.29 is 23.9 Å². The highest BCUT2D eigenvalue weighted by Gasteiger charge is 2.30. The van der Waals surface area contributed by atoms with Gasteiger partial charge in [0, 0.05) is 11.6 Å². The molecule has 0 aromatic heterocycles. The van der Waals surface area contributed by atoms with E-state index in [1.165, 1.54) is 6.92 Å². The number of ether oxygens (including phenoxy) is 1. The monoisotopic (exact) mass is 391 g/mol. The number of carbonyl (C=O) groups is 4. The van der Waals surface area contributed by atoms with Gasteiger partial charge >= 0.3 is 12.0 Å². The predicted molar refractivity (Wildman–Crippen MR) is 105 cm³/mol. The molecule has 0 fully saturated rings. The van der Waals surface area contributed by atoms with Gasteiger partial charge in [0.2, 0.25) is 0 Å². The van der Waals surface area contributed by atoms with Crippen molar-refractivity contribution in [2.45, 2.75) is 59.2 Å². The van der Waals surface area contributed by atoms with E-state index in [9.17, 15) is 19.2 Å². The first-order valence-electron chi connectivity index (χ1n) is 9.33. The number of imide groups is 1. The van der Waals surface area contributed by atoms with E-state index < -0.39 is 36.0 Å². The van der Waals surface area contributed by atoms with Gasteiger partial charge in [-0.3, -0.25) is 14.9 Å². The summed E-state index contributed by atoms with van der Waals surface area (Å²) >= 11 is 0. The van der Waals surface area contributed by atoms with Crippen LogP contribution in [0.5, 0.6) is 0 Å². The Morgan fingerprint density at radius 1 is 0.964 bits per heavy atom. The van der Waals surface area contributed by atoms with Gasteiger partial charge in [-0.05, 0) is 38.8 Å². The van der Waals surface area contributed by atoms with Crippen LogP contribution in [-0.2, 0) is 14.3 Å². The number of hydrogen-bond acceptors (Lipinski definition) is 5. The molecule has 0 spiro atoms. The van der Waals surface area contributed by atoms with E-state index in [0.717, 1.165) is 0 Å². The zero-order valence-corrected chi connectivity index (χ0v) is 16.9. The summed E-state index contributed by atoms with van der Waals surface area (Å²) in [7, 11) is 0. The molecule has 1 rings (SSSR count). The molecule has 0 unspecified atom stereocenters. The molecule has 1 aromatic rings. The second-order valence-electron chi connectivity index (χ2n) is 6.90. The van der Waals surface area contributed by atoms with Crippen molar-refractivity contribution in [1.82, 2.24) is 16.0 Å². The quantitative estimate of drug-likeness (QED) is 0.587. The normalized spacial score (nSPS) is 13.8. The average Bonchev–Trinajstić information content (AvgIpc) is 2.64. The Morgan fingerprint density at radius 2 is 1.57 bits per heavy atom. The topological polar surface area (TPSA) is 114 Å². The van der Waals surface area contributed by atoms with Crippen molar-refractivity contribution >= 4 is 23.8 Å². The molecule has 8 heteroatoms. The lowest BCUT2D eigenvalue weighted by Crippen LogP contribution is -2.50. The molecular formula is C20H29N3O5. The maximum atomic E-state index is 12.6. The van der Waals surface area contributed by atoms with Crippen LogP contribution in [0.25, 0.3) is 0 Å². The second kappa shape index (κ2) is 11.1. The number of urea groups is 1. The molecule has 0 aliphatic carbocycles. The van der Waals surface area contributed by atoms with Gasteiger partial charge in [0.1, 0.15) is 6.04 Å². The molecule has 3 atom stereocenters. The van der Waals surface area contributed by atoms with Crippen LogP contribution in [-0.4, -0.2) is 42.0 Å². The van der Waals surface area contributed by atoms with E-state index in [1.54, 1.807) is 51.1 Å². The van der Waals surface area contributed by atoms with Crippen LogP contribution in [0.15, 0.2) is 30.3 Å². The van der Waals surface area contributed by atoms with E-state index in [0.29, 0.717) is 12.0 Å². The Morgan fingerprint density at radius 3 is 2.11 bits per heavy atom. The first-order valence-corrected chi connectivity index (χ1v) is 9.33. The molecule has 0 heterocycles. The van der Waals surface area contributed by atoms with Crippen molar-refractivity contribution in [3.05, 3.63) is 35.9 Å². The van der Waals surface area contributed by atoms with Gasteiger partial charge in [-0.2, -0.15) is 0 Å². The number of esters is 1. The minimum atomic E-state index is -1.19. The van der Waals surface area contributed by atoms with E-state index >= 15 is 0 Å². The van der Waals surface area contributed by atoms with Crippen LogP contribution in [0.3, 0.4) is 0 Å². The van der Waals surface area contributed by atoms with Gasteiger partial charge in [-0.15, -0.1) is 0 Å². The van der Waals surface area contributed by atoms with Crippen LogP contribution in [0, 0.1) is 5.92 Å². The lowest BCUT2D eigenvalue weighted by Gasteiger charge is -2.24. The maximum absolute atomic E-state index is 12.6. The van der Waals surface area contributed by atoms with Crippen LogP contribution in [0.2, 0.25) is 0 Å². The largest absolute Gasteiger partial charge is 0.451 e. The van der Waals surface area contributed by atoms with Crippen molar-refractivity contribution in [2.75, 3.05) is 0 Å². The predicted octanol–water partition coefficient (Wildman–Crippen LogP) is 2.00. The average molecular weight is 391 g/mol. The van der Waals surface area contributed by atoms with Gasteiger partial charge in [0.25, 0.3) is 11.8 Å². The first kappa shape index (κ1) is 23.1. The van der Waals surface area contributed by atoms with Crippen LogP contribution >= 0.6 is 0 Å². The SMILES string of the molecule is CC[C@H](C)[C@H](NC(=O)c1ccccc1)C(=O)O[C@@H](C)C(=O)NC(=O)NC(C)C. The van der Waals surface area contributed by atoms with Gasteiger partial charge in [-0.1, -0.05) is 38.5 Å². The van der Waals surface area contributed by atoms with E-state index in [-0.39, 0.29) is 12.0 Å². The van der Waals surface area contributed by atoms with Gasteiger partial charge in [-0.25, -0.2) is 9.59 Å². The fraction of sp³-hybridized carbons (Fsp3) is 0.500. The summed E-state index contributed by atoms with van der Waals surface area (Å²) in [6.45, 7) is 8.55. The smallest absolute Gasteiger partial charge is 0.329 e. The van der Waals surface area contributed by atoms with E-state index in [4.69, 9.17) is 4.74 Å². The third-order valence-corrected chi connectivity index (χ3v) is 4.11. The Balaban J connectivity index is 2.75. The van der Waals surface area contributed by atoms with Crippen molar-refractivity contribution in [2.24, 2.45) is 5.92 Å². The highest BCUT2D eigenvalue weighted by Crippen LogP contribution is 2.12. The van der Waals surface area contributed by atoms with E-state index in [1.807, 2.05) is 6.92 Å². The van der Waals surface area contributed by atoms with Gasteiger partial charge in [0.05, 0.1) is 0 Å². The summed E-state index contributed by atoms with van der Waals surface area (Å²) in [6.07, 6.45) is -0.572. The summed E-state index contributed by atoms with van der Waals surface area (Å²) in [5.41, 5.74) is 0.416. The highest BCUT2D eigenvalue weighted by atomic mass is 16.5. The fourth-order valence-corrected chi connectivity index (χ4v) is 2.30. The number of amides is 4. The molecule has 0 radical (unpaired) electrons. The molecular weight excluding hydrogens is 362 g/mol. The lowest BCUT2D eigenvalue weighted by molar-refractivity contribution is -0.157. The third kappa shape index (κ3) is 7.38. The highest BCUT2D eigenvalue weighted by molar-refractivity contribution is 5.99. The molecule has 0 bridgehead atoms. The van der Waals surface area contributed by atoms with Crippen LogP contribution < -0.4 is 16.0 Å². The molecule has 3 N–H and O–H groups in total. The van der Waals surface area contributed by atoms with Crippen LogP contribution in [0.1, 0.15) is 51.4 Å². The number of rotatable bonds is 8. The molecule has 0 saturated heterocycles. The van der Waals surface area contributed by atoms with E-state index in [2.05, 4.69) is 16.0 Å². The third-order valence-electron chi connectivity index (χ3n) is 4.11. The number of benzene rings is 1. The Bertz CT molecular complexity index is 690. The van der Waals surface area contributed by atoms with Gasteiger partial charge < -0.3 is 15.4 Å². The van der Waals surface area contributed by atoms with Crippen molar-refractivity contribution in [3.63, 3.8) is 0 Å². The van der Waals surface area contributed by atoms with Crippen molar-refractivity contribution in [1.29, 1.82) is 0 Å². The molecule has 0 aliphatic heterocycles. The number of carbonyl (C=O) groups excluding carboxylic acids is 4. The summed E-state index contributed by atoms with van der Waals surface area (Å²) in [5, 5.41) is 7.29. The van der Waals surface area contributed by atoms with Crippen molar-refractivity contribution in [3.8, 4) is 0 Å². The Kier molecular flexibility index (Phi) is 9.14. The molecule has 4 amide bonds. The Labute approximate surface area is 165 Å².